The van der Waals surface area contributed by atoms with Crippen LogP contribution in [0.4, 0.5) is 0 Å². The second-order valence-electron chi connectivity index (χ2n) is 6.04. The Morgan fingerprint density at radius 1 is 1.29 bits per heavy atom. The fourth-order valence-corrected chi connectivity index (χ4v) is 3.69. The van der Waals surface area contributed by atoms with E-state index in [1.165, 1.54) is 32.1 Å². The second-order valence-corrected chi connectivity index (χ2v) is 6.04. The fourth-order valence-electron chi connectivity index (χ4n) is 3.69. The van der Waals surface area contributed by atoms with Crippen LogP contribution < -0.4 is 0 Å². The summed E-state index contributed by atoms with van der Waals surface area (Å²) in [5.74, 6) is 1.71. The Hall–Kier alpha value is -0.120. The van der Waals surface area contributed by atoms with E-state index in [-0.39, 0.29) is 0 Å². The van der Waals surface area contributed by atoms with E-state index in [4.69, 9.17) is 9.57 Å². The third-order valence-corrected chi connectivity index (χ3v) is 5.00. The van der Waals surface area contributed by atoms with Crippen molar-refractivity contribution in [2.45, 2.75) is 64.2 Å². The Labute approximate surface area is 104 Å². The van der Waals surface area contributed by atoms with Crippen LogP contribution >= 0.6 is 0 Å². The zero-order chi connectivity index (χ0) is 11.8. The lowest BCUT2D eigenvalue weighted by atomic mass is 9.88. The smallest absolute Gasteiger partial charge is 0.0798 e. The van der Waals surface area contributed by atoms with Gasteiger partial charge in [0.2, 0.25) is 0 Å². The summed E-state index contributed by atoms with van der Waals surface area (Å²) in [5.41, 5.74) is 0. The fraction of sp³-hybridized carbons (Fsp3) is 1.00. The Morgan fingerprint density at radius 3 is 2.82 bits per heavy atom. The van der Waals surface area contributed by atoms with Gasteiger partial charge in [0.25, 0.3) is 0 Å². The van der Waals surface area contributed by atoms with E-state index in [1.807, 2.05) is 0 Å². The standard InChI is InChI=1S/C14H25NO2/c1-3-11-9-12(8-10(11)2)17-15-6-7-16-14-5-4-13(14)15/h10-14H,3-9H2,1-2H3. The molecular weight excluding hydrogens is 214 g/mol. The second kappa shape index (κ2) is 4.87. The van der Waals surface area contributed by atoms with Crippen LogP contribution in [0.1, 0.15) is 46.0 Å². The normalized spacial score (nSPS) is 46.6. The van der Waals surface area contributed by atoms with Crippen molar-refractivity contribution in [1.82, 2.24) is 5.06 Å². The van der Waals surface area contributed by atoms with E-state index in [0.29, 0.717) is 18.2 Å². The largest absolute Gasteiger partial charge is 0.375 e. The summed E-state index contributed by atoms with van der Waals surface area (Å²) in [6, 6.07) is 0.555. The maximum absolute atomic E-state index is 6.24. The van der Waals surface area contributed by atoms with E-state index >= 15 is 0 Å². The molecule has 5 unspecified atom stereocenters. The van der Waals surface area contributed by atoms with Crippen LogP contribution in [-0.4, -0.2) is 36.5 Å². The van der Waals surface area contributed by atoms with Gasteiger partial charge in [0.1, 0.15) is 0 Å². The van der Waals surface area contributed by atoms with Crippen LogP contribution in [0.2, 0.25) is 0 Å². The Kier molecular flexibility index (Phi) is 3.42. The first-order valence-electron chi connectivity index (χ1n) is 7.33. The van der Waals surface area contributed by atoms with E-state index in [0.717, 1.165) is 25.0 Å². The van der Waals surface area contributed by atoms with E-state index in [1.54, 1.807) is 0 Å². The number of rotatable bonds is 3. The monoisotopic (exact) mass is 239 g/mol. The number of nitrogens with zero attached hydrogens (tertiary/aromatic N) is 1. The quantitative estimate of drug-likeness (QED) is 0.755. The third-order valence-electron chi connectivity index (χ3n) is 5.00. The topological polar surface area (TPSA) is 21.7 Å². The van der Waals surface area contributed by atoms with Gasteiger partial charge in [-0.2, -0.15) is 5.06 Å². The molecule has 3 nitrogen and oxygen atoms in total. The molecule has 0 spiro atoms. The Bertz CT molecular complexity index is 271. The van der Waals surface area contributed by atoms with Gasteiger partial charge in [-0.25, -0.2) is 0 Å². The summed E-state index contributed by atoms with van der Waals surface area (Å²) < 4.78 is 5.71. The highest BCUT2D eigenvalue weighted by Crippen LogP contribution is 2.38. The predicted octanol–water partition coefficient (Wildman–Crippen LogP) is 2.61. The minimum absolute atomic E-state index is 0.463. The average molecular weight is 239 g/mol. The number of hydrogen-bond donors (Lipinski definition) is 0. The van der Waals surface area contributed by atoms with Gasteiger partial charge in [0.15, 0.2) is 0 Å². The molecule has 2 saturated carbocycles. The molecule has 3 fully saturated rings. The maximum Gasteiger partial charge on any atom is 0.0798 e. The molecular formula is C14H25NO2. The molecule has 98 valence electrons. The highest BCUT2D eigenvalue weighted by atomic mass is 16.7. The first kappa shape index (κ1) is 11.9. The van der Waals surface area contributed by atoms with Gasteiger partial charge < -0.3 is 4.74 Å². The Balaban J connectivity index is 1.53. The molecule has 0 radical (unpaired) electrons. The minimum atomic E-state index is 0.463. The van der Waals surface area contributed by atoms with Crippen molar-refractivity contribution in [2.24, 2.45) is 11.8 Å². The van der Waals surface area contributed by atoms with E-state index < -0.39 is 0 Å². The van der Waals surface area contributed by atoms with Crippen LogP contribution in [0.25, 0.3) is 0 Å². The number of fused-ring (bicyclic) bond motifs is 1. The van der Waals surface area contributed by atoms with Crippen molar-refractivity contribution in [3.8, 4) is 0 Å². The van der Waals surface area contributed by atoms with Crippen LogP contribution in [0.15, 0.2) is 0 Å². The molecule has 17 heavy (non-hydrogen) atoms. The first-order chi connectivity index (χ1) is 8.28. The lowest BCUT2D eigenvalue weighted by Gasteiger charge is -2.47. The molecule has 0 aromatic heterocycles. The summed E-state index contributed by atoms with van der Waals surface area (Å²) in [6.45, 7) is 6.49. The maximum atomic E-state index is 6.24. The number of hydroxylamine groups is 2. The molecule has 0 N–H and O–H groups in total. The summed E-state index contributed by atoms with van der Waals surface area (Å²) >= 11 is 0. The lowest BCUT2D eigenvalue weighted by Crippen LogP contribution is -2.57. The van der Waals surface area contributed by atoms with Crippen LogP contribution in [0, 0.1) is 11.8 Å². The van der Waals surface area contributed by atoms with Crippen molar-refractivity contribution >= 4 is 0 Å². The van der Waals surface area contributed by atoms with Crippen LogP contribution in [-0.2, 0) is 9.57 Å². The molecule has 1 heterocycles. The van der Waals surface area contributed by atoms with Crippen molar-refractivity contribution in [1.29, 1.82) is 0 Å². The predicted molar refractivity (Wildman–Crippen MR) is 66.5 cm³/mol. The van der Waals surface area contributed by atoms with Crippen molar-refractivity contribution in [3.63, 3.8) is 0 Å². The van der Waals surface area contributed by atoms with E-state index in [9.17, 15) is 0 Å². The molecule has 0 bridgehead atoms. The summed E-state index contributed by atoms with van der Waals surface area (Å²) in [6.07, 6.45) is 7.21. The average Bonchev–Trinajstić information content (AvgIpc) is 2.61. The van der Waals surface area contributed by atoms with Gasteiger partial charge in [0.05, 0.1) is 24.9 Å². The highest BCUT2D eigenvalue weighted by Gasteiger charge is 2.42. The molecule has 2 aliphatic carbocycles. The summed E-state index contributed by atoms with van der Waals surface area (Å²) in [4.78, 5) is 6.24. The lowest BCUT2D eigenvalue weighted by molar-refractivity contribution is -0.289. The molecule has 0 amide bonds. The number of morpholine rings is 1. The third kappa shape index (κ3) is 2.25. The first-order valence-corrected chi connectivity index (χ1v) is 7.33. The summed E-state index contributed by atoms with van der Waals surface area (Å²) in [5, 5.41) is 2.24. The zero-order valence-electron chi connectivity index (χ0n) is 11.1. The summed E-state index contributed by atoms with van der Waals surface area (Å²) in [7, 11) is 0. The van der Waals surface area contributed by atoms with Gasteiger partial charge in [-0.15, -0.1) is 0 Å². The minimum Gasteiger partial charge on any atom is -0.375 e. The van der Waals surface area contributed by atoms with Gasteiger partial charge in [-0.3, -0.25) is 4.84 Å². The van der Waals surface area contributed by atoms with Crippen LogP contribution in [0.5, 0.6) is 0 Å². The molecule has 3 rings (SSSR count). The molecule has 5 atom stereocenters. The zero-order valence-corrected chi connectivity index (χ0v) is 11.1. The van der Waals surface area contributed by atoms with Gasteiger partial charge in [0, 0.05) is 6.54 Å². The number of ether oxygens (including phenoxy) is 1. The van der Waals surface area contributed by atoms with E-state index in [2.05, 4.69) is 18.9 Å². The Morgan fingerprint density at radius 2 is 2.18 bits per heavy atom. The molecule has 1 aliphatic heterocycles. The molecule has 3 heteroatoms. The van der Waals surface area contributed by atoms with Gasteiger partial charge in [-0.1, -0.05) is 20.3 Å². The molecule has 0 aromatic carbocycles. The van der Waals surface area contributed by atoms with Gasteiger partial charge >= 0.3 is 0 Å². The molecule has 3 aliphatic rings. The van der Waals surface area contributed by atoms with Crippen molar-refractivity contribution < 1.29 is 9.57 Å². The number of hydrogen-bond acceptors (Lipinski definition) is 3. The molecule has 1 saturated heterocycles. The van der Waals surface area contributed by atoms with Gasteiger partial charge in [-0.05, 0) is 37.5 Å². The SMILES string of the molecule is CCC1CC(ON2CCOC3CCC32)CC1C. The van der Waals surface area contributed by atoms with Crippen molar-refractivity contribution in [3.05, 3.63) is 0 Å². The molecule has 0 aromatic rings. The highest BCUT2D eigenvalue weighted by molar-refractivity contribution is 4.91. The van der Waals surface area contributed by atoms with Crippen LogP contribution in [0.3, 0.4) is 0 Å². The van der Waals surface area contributed by atoms with Crippen molar-refractivity contribution in [2.75, 3.05) is 13.2 Å².